The Morgan fingerprint density at radius 1 is 1.89 bits per heavy atom. The molecule has 1 aliphatic rings. The minimum absolute atomic E-state index is 0.951. The molecular weight excluding hydrogens is 150 g/mol. The number of rotatable bonds is 1. The molecule has 0 aromatic heterocycles. The van der Waals surface area contributed by atoms with Crippen LogP contribution in [0.3, 0.4) is 0 Å². The van der Waals surface area contributed by atoms with E-state index in [0.29, 0.717) is 0 Å². The van der Waals surface area contributed by atoms with Crippen LogP contribution in [0.25, 0.3) is 0 Å². The lowest BCUT2D eigenvalue weighted by Crippen LogP contribution is -2.04. The van der Waals surface area contributed by atoms with Gasteiger partial charge in [0.25, 0.3) is 0 Å². The summed E-state index contributed by atoms with van der Waals surface area (Å²) in [6.45, 7) is 3.02. The highest BCUT2D eigenvalue weighted by Gasteiger charge is 2.03. The molecule has 1 heterocycles. The van der Waals surface area contributed by atoms with Crippen LogP contribution in [0.15, 0.2) is 11.1 Å². The van der Waals surface area contributed by atoms with Crippen molar-refractivity contribution < 1.29 is 0 Å². The first-order valence-electron chi connectivity index (χ1n) is 2.88. The van der Waals surface area contributed by atoms with E-state index in [4.69, 9.17) is 12.2 Å². The third-order valence-electron chi connectivity index (χ3n) is 0.993. The van der Waals surface area contributed by atoms with Crippen LogP contribution in [0, 0.1) is 0 Å². The molecule has 1 saturated heterocycles. The number of hydrogen-bond donors (Lipinski definition) is 1. The molecule has 1 N–H and O–H groups in total. The third-order valence-corrected chi connectivity index (χ3v) is 2.09. The highest BCUT2D eigenvalue weighted by Crippen LogP contribution is 2.16. The summed E-state index contributed by atoms with van der Waals surface area (Å²) in [7, 11) is 0. The SMILES string of the molecule is CC(=S)/C=C1\NCCS1. The second kappa shape index (κ2) is 3.22. The van der Waals surface area contributed by atoms with Gasteiger partial charge < -0.3 is 5.32 Å². The topological polar surface area (TPSA) is 12.0 Å². The van der Waals surface area contributed by atoms with Crippen LogP contribution in [0.1, 0.15) is 6.92 Å². The minimum Gasteiger partial charge on any atom is -0.379 e. The van der Waals surface area contributed by atoms with Gasteiger partial charge in [-0.25, -0.2) is 0 Å². The first kappa shape index (κ1) is 7.09. The Balaban J connectivity index is 2.49. The number of thioether (sulfide) groups is 1. The molecule has 50 valence electrons. The Kier molecular flexibility index (Phi) is 2.54. The van der Waals surface area contributed by atoms with E-state index in [2.05, 4.69) is 5.32 Å². The van der Waals surface area contributed by atoms with Crippen molar-refractivity contribution in [2.45, 2.75) is 6.92 Å². The fourth-order valence-electron chi connectivity index (χ4n) is 0.664. The molecule has 9 heavy (non-hydrogen) atoms. The average molecular weight is 159 g/mol. The number of thiocarbonyl (C=S) groups is 1. The molecule has 0 radical (unpaired) electrons. The second-order valence-corrected chi connectivity index (χ2v) is 3.68. The van der Waals surface area contributed by atoms with Crippen molar-refractivity contribution >= 4 is 28.8 Å². The first-order chi connectivity index (χ1) is 4.29. The molecule has 3 heteroatoms. The van der Waals surface area contributed by atoms with E-state index >= 15 is 0 Å². The zero-order chi connectivity index (χ0) is 6.69. The Bertz CT molecular complexity index is 143. The van der Waals surface area contributed by atoms with Gasteiger partial charge in [-0.1, -0.05) is 12.2 Å². The molecule has 0 spiro atoms. The predicted octanol–water partition coefficient (Wildman–Crippen LogP) is 1.55. The monoisotopic (exact) mass is 159 g/mol. The predicted molar refractivity (Wildman–Crippen MR) is 46.8 cm³/mol. The summed E-state index contributed by atoms with van der Waals surface area (Å²) < 4.78 is 0. The Labute approximate surface area is 64.9 Å². The van der Waals surface area contributed by atoms with Gasteiger partial charge in [0.05, 0.1) is 5.03 Å². The van der Waals surface area contributed by atoms with Gasteiger partial charge in [0.2, 0.25) is 0 Å². The first-order valence-corrected chi connectivity index (χ1v) is 4.27. The minimum atomic E-state index is 0.951. The van der Waals surface area contributed by atoms with Gasteiger partial charge >= 0.3 is 0 Å². The van der Waals surface area contributed by atoms with Crippen LogP contribution >= 0.6 is 24.0 Å². The molecule has 0 aromatic rings. The Hall–Kier alpha value is -0.0200. The normalized spacial score (nSPS) is 22.1. The van der Waals surface area contributed by atoms with Crippen LogP contribution < -0.4 is 5.32 Å². The van der Waals surface area contributed by atoms with E-state index in [1.54, 1.807) is 0 Å². The average Bonchev–Trinajstić information content (AvgIpc) is 2.15. The quantitative estimate of drug-likeness (QED) is 0.460. The molecule has 0 saturated carbocycles. The zero-order valence-corrected chi connectivity index (χ0v) is 6.94. The Morgan fingerprint density at radius 2 is 2.67 bits per heavy atom. The van der Waals surface area contributed by atoms with E-state index in [9.17, 15) is 0 Å². The zero-order valence-electron chi connectivity index (χ0n) is 5.31. The van der Waals surface area contributed by atoms with Gasteiger partial charge in [-0.2, -0.15) is 0 Å². The van der Waals surface area contributed by atoms with Gasteiger partial charge in [0.15, 0.2) is 0 Å². The van der Waals surface area contributed by atoms with Crippen molar-refractivity contribution in [3.05, 3.63) is 11.1 Å². The van der Waals surface area contributed by atoms with Crippen LogP contribution in [-0.4, -0.2) is 17.2 Å². The van der Waals surface area contributed by atoms with Crippen LogP contribution in [0.2, 0.25) is 0 Å². The summed E-state index contributed by atoms with van der Waals surface area (Å²) in [6.07, 6.45) is 2.01. The van der Waals surface area contributed by atoms with Crippen molar-refractivity contribution in [1.82, 2.24) is 5.32 Å². The maximum absolute atomic E-state index is 4.90. The maximum atomic E-state index is 4.90. The molecule has 1 fully saturated rings. The van der Waals surface area contributed by atoms with Gasteiger partial charge in [-0.05, 0) is 13.0 Å². The fraction of sp³-hybridized carbons (Fsp3) is 0.500. The third kappa shape index (κ3) is 2.37. The molecule has 0 unspecified atom stereocenters. The van der Waals surface area contributed by atoms with E-state index in [-0.39, 0.29) is 0 Å². The van der Waals surface area contributed by atoms with E-state index in [0.717, 1.165) is 11.4 Å². The molecule has 0 atom stereocenters. The maximum Gasteiger partial charge on any atom is 0.0693 e. The molecule has 1 aliphatic heterocycles. The fourth-order valence-corrected chi connectivity index (χ4v) is 1.74. The van der Waals surface area contributed by atoms with Crippen LogP contribution in [0.4, 0.5) is 0 Å². The summed E-state index contributed by atoms with van der Waals surface area (Å²) >= 11 is 6.74. The molecule has 0 amide bonds. The summed E-state index contributed by atoms with van der Waals surface area (Å²) in [5.41, 5.74) is 0. The van der Waals surface area contributed by atoms with E-state index in [1.165, 1.54) is 10.8 Å². The van der Waals surface area contributed by atoms with Gasteiger partial charge in [-0.15, -0.1) is 11.8 Å². The summed E-state index contributed by atoms with van der Waals surface area (Å²) in [5, 5.41) is 4.45. The van der Waals surface area contributed by atoms with Crippen LogP contribution in [-0.2, 0) is 0 Å². The summed E-state index contributed by atoms with van der Waals surface area (Å²) in [5.74, 6) is 1.18. The second-order valence-electron chi connectivity index (χ2n) is 1.89. The van der Waals surface area contributed by atoms with Gasteiger partial charge in [-0.3, -0.25) is 0 Å². The molecule has 0 aromatic carbocycles. The highest BCUT2D eigenvalue weighted by molar-refractivity contribution is 8.03. The number of nitrogens with one attached hydrogen (secondary N) is 1. The lowest BCUT2D eigenvalue weighted by molar-refractivity contribution is 0.948. The molecular formula is C6H9NS2. The Morgan fingerprint density at radius 3 is 3.11 bits per heavy atom. The van der Waals surface area contributed by atoms with Gasteiger partial charge in [0.1, 0.15) is 0 Å². The number of hydrogen-bond acceptors (Lipinski definition) is 3. The lowest BCUT2D eigenvalue weighted by atomic mass is 10.5. The molecule has 0 bridgehead atoms. The molecule has 0 aliphatic carbocycles. The van der Waals surface area contributed by atoms with Gasteiger partial charge in [0, 0.05) is 17.2 Å². The smallest absolute Gasteiger partial charge is 0.0693 e. The molecule has 1 nitrogen and oxygen atoms in total. The lowest BCUT2D eigenvalue weighted by Gasteiger charge is -1.93. The van der Waals surface area contributed by atoms with E-state index < -0.39 is 0 Å². The summed E-state index contributed by atoms with van der Waals surface area (Å²) in [4.78, 5) is 0.951. The molecule has 1 rings (SSSR count). The largest absolute Gasteiger partial charge is 0.379 e. The van der Waals surface area contributed by atoms with Crippen molar-refractivity contribution in [2.24, 2.45) is 0 Å². The van der Waals surface area contributed by atoms with Crippen molar-refractivity contribution in [2.75, 3.05) is 12.3 Å². The van der Waals surface area contributed by atoms with E-state index in [1.807, 2.05) is 24.8 Å². The van der Waals surface area contributed by atoms with Crippen molar-refractivity contribution in [3.63, 3.8) is 0 Å². The van der Waals surface area contributed by atoms with Crippen molar-refractivity contribution in [3.8, 4) is 0 Å². The summed E-state index contributed by atoms with van der Waals surface area (Å²) in [6, 6.07) is 0. The highest BCUT2D eigenvalue weighted by atomic mass is 32.2. The van der Waals surface area contributed by atoms with Crippen LogP contribution in [0.5, 0.6) is 0 Å². The standard InChI is InChI=1S/C6H9NS2/c1-5(8)4-6-7-2-3-9-6/h4,7H,2-3H2,1H3/b6-4+. The van der Waals surface area contributed by atoms with Crippen molar-refractivity contribution in [1.29, 1.82) is 0 Å². The number of allylic oxidation sites excluding steroid dienone is 1.